The second-order valence-corrected chi connectivity index (χ2v) is 15.0. The highest BCUT2D eigenvalue weighted by Gasteiger charge is 2.35. The quantitative estimate of drug-likeness (QED) is 0.0760. The first-order valence-corrected chi connectivity index (χ1v) is 19.6. The number of aliphatic carboxylic acids is 2. The van der Waals surface area contributed by atoms with Crippen LogP contribution in [0.3, 0.4) is 0 Å². The number of nitrogens with two attached hydrogens (primary N) is 1. The van der Waals surface area contributed by atoms with Gasteiger partial charge in [0.2, 0.25) is 35.4 Å². The molecule has 1 aliphatic rings. The first kappa shape index (κ1) is 46.3. The third kappa shape index (κ3) is 17.0. The number of carbonyl (C=O) groups is 8. The van der Waals surface area contributed by atoms with Crippen molar-refractivity contribution in [2.75, 3.05) is 0 Å². The molecule has 2 aromatic rings. The molecule has 58 heavy (non-hydrogen) atoms. The van der Waals surface area contributed by atoms with Crippen LogP contribution in [0.4, 0.5) is 0 Å². The first-order valence-electron chi connectivity index (χ1n) is 19.6. The lowest BCUT2D eigenvalue weighted by molar-refractivity contribution is -0.143. The molecule has 3 rings (SSSR count). The van der Waals surface area contributed by atoms with Gasteiger partial charge in [0.25, 0.3) is 0 Å². The van der Waals surface area contributed by atoms with Crippen LogP contribution in [0, 0.1) is 11.8 Å². The zero-order valence-electron chi connectivity index (χ0n) is 33.0. The van der Waals surface area contributed by atoms with Gasteiger partial charge < -0.3 is 42.5 Å². The Morgan fingerprint density at radius 2 is 1.22 bits per heavy atom. The summed E-state index contributed by atoms with van der Waals surface area (Å²) in [5.74, 6) is -7.76. The molecule has 5 atom stereocenters. The van der Waals surface area contributed by atoms with E-state index in [-0.39, 0.29) is 43.9 Å². The highest BCUT2D eigenvalue weighted by molar-refractivity contribution is 5.98. The van der Waals surface area contributed by atoms with Crippen LogP contribution in [0.1, 0.15) is 89.2 Å². The van der Waals surface area contributed by atoms with Gasteiger partial charge in [-0.1, -0.05) is 107 Å². The number of nitrogens with one attached hydrogen (secondary N) is 5. The molecule has 0 saturated heterocycles. The molecule has 0 heterocycles. The van der Waals surface area contributed by atoms with Gasteiger partial charge >= 0.3 is 11.9 Å². The summed E-state index contributed by atoms with van der Waals surface area (Å²) in [6, 6.07) is 10.7. The molecule has 0 aliphatic heterocycles. The molecule has 1 saturated carbocycles. The highest BCUT2D eigenvalue weighted by Crippen LogP contribution is 2.27. The molecule has 9 N–H and O–H groups in total. The molecule has 16 heteroatoms. The van der Waals surface area contributed by atoms with Crippen LogP contribution in [0.25, 0.3) is 6.08 Å². The Morgan fingerprint density at radius 1 is 0.690 bits per heavy atom. The minimum absolute atomic E-state index is 0.00111. The van der Waals surface area contributed by atoms with Crippen molar-refractivity contribution in [2.45, 2.75) is 115 Å². The van der Waals surface area contributed by atoms with Crippen LogP contribution in [0.15, 0.2) is 66.7 Å². The van der Waals surface area contributed by atoms with E-state index >= 15 is 0 Å². The fourth-order valence-electron chi connectivity index (χ4n) is 6.72. The Hall–Kier alpha value is -6.06. The molecule has 6 amide bonds. The van der Waals surface area contributed by atoms with Crippen molar-refractivity contribution in [3.05, 3.63) is 77.9 Å². The number of carboxylic acids is 2. The molecule has 1 aliphatic carbocycles. The van der Waals surface area contributed by atoms with E-state index in [2.05, 4.69) is 26.6 Å². The number of primary amides is 1. The maximum Gasteiger partial charge on any atom is 0.326 e. The van der Waals surface area contributed by atoms with E-state index in [0.717, 1.165) is 37.7 Å². The lowest BCUT2D eigenvalue weighted by Crippen LogP contribution is -2.59. The molecule has 2 aromatic carbocycles. The van der Waals surface area contributed by atoms with Gasteiger partial charge in [0.05, 0.1) is 6.42 Å². The second kappa shape index (κ2) is 23.9. The molecule has 16 nitrogen and oxygen atoms in total. The maximum atomic E-state index is 14.0. The van der Waals surface area contributed by atoms with Gasteiger partial charge in [-0.2, -0.15) is 0 Å². The van der Waals surface area contributed by atoms with Crippen molar-refractivity contribution in [3.8, 4) is 0 Å². The Morgan fingerprint density at radius 3 is 1.81 bits per heavy atom. The van der Waals surface area contributed by atoms with Crippen LogP contribution in [0.2, 0.25) is 0 Å². The van der Waals surface area contributed by atoms with E-state index in [1.807, 2.05) is 6.07 Å². The smallest absolute Gasteiger partial charge is 0.326 e. The first-order chi connectivity index (χ1) is 27.6. The van der Waals surface area contributed by atoms with Crippen LogP contribution < -0.4 is 32.3 Å². The van der Waals surface area contributed by atoms with Gasteiger partial charge in [-0.05, 0) is 48.3 Å². The zero-order chi connectivity index (χ0) is 42.6. The average Bonchev–Trinajstić information content (AvgIpc) is 3.18. The molecule has 1 fully saturated rings. The third-order valence-electron chi connectivity index (χ3n) is 9.71. The third-order valence-corrected chi connectivity index (χ3v) is 9.71. The number of carbonyl (C=O) groups excluding carboxylic acids is 6. The van der Waals surface area contributed by atoms with Crippen molar-refractivity contribution in [1.82, 2.24) is 26.6 Å². The summed E-state index contributed by atoms with van der Waals surface area (Å²) >= 11 is 0. The summed E-state index contributed by atoms with van der Waals surface area (Å²) < 4.78 is 0. The summed E-state index contributed by atoms with van der Waals surface area (Å²) in [5.41, 5.74) is 6.73. The van der Waals surface area contributed by atoms with E-state index in [1.165, 1.54) is 12.2 Å². The lowest BCUT2D eigenvalue weighted by Gasteiger charge is -2.29. The summed E-state index contributed by atoms with van der Waals surface area (Å²) in [6.45, 7) is 3.55. The van der Waals surface area contributed by atoms with E-state index in [9.17, 15) is 48.6 Å². The topological polar surface area (TPSA) is 263 Å². The SMILES string of the molecule is CC(C)C[C@H](NC(=O)C(CC(=O)O)NC(=O)[C@H](CC1CCCCC1)NC(=O)C(CCC(N)=O)NC(=O)/C=C/c1ccccc1)C(=O)NC(Cc1ccccc1)C(=O)O. The fraction of sp³-hybridized carbons (Fsp3) is 0.476. The molecule has 3 unspecified atom stereocenters. The van der Waals surface area contributed by atoms with E-state index in [1.54, 1.807) is 68.4 Å². The molecular formula is C42H56N6O10. The summed E-state index contributed by atoms with van der Waals surface area (Å²) in [7, 11) is 0. The van der Waals surface area contributed by atoms with Gasteiger partial charge in [0, 0.05) is 18.9 Å². The average molecular weight is 805 g/mol. The van der Waals surface area contributed by atoms with Crippen molar-refractivity contribution >= 4 is 53.5 Å². The van der Waals surface area contributed by atoms with Gasteiger partial charge in [0.1, 0.15) is 30.2 Å². The number of benzene rings is 2. The molecule has 0 spiro atoms. The molecular weight excluding hydrogens is 748 g/mol. The summed E-state index contributed by atoms with van der Waals surface area (Å²) in [6.07, 6.45) is 5.93. The number of hydrogen-bond donors (Lipinski definition) is 8. The Labute approximate surface area is 338 Å². The maximum absolute atomic E-state index is 14.0. The molecule has 314 valence electrons. The van der Waals surface area contributed by atoms with Gasteiger partial charge in [-0.15, -0.1) is 0 Å². The molecule has 0 bridgehead atoms. The molecule has 0 aromatic heterocycles. The van der Waals surface area contributed by atoms with Crippen LogP contribution in [-0.4, -0.2) is 87.8 Å². The van der Waals surface area contributed by atoms with Crippen LogP contribution in [-0.2, 0) is 44.8 Å². The van der Waals surface area contributed by atoms with Crippen molar-refractivity contribution in [1.29, 1.82) is 0 Å². The second-order valence-electron chi connectivity index (χ2n) is 15.0. The number of hydrogen-bond acceptors (Lipinski definition) is 8. The summed E-state index contributed by atoms with van der Waals surface area (Å²) in [5, 5.41) is 32.3. The normalized spacial score (nSPS) is 15.6. The monoisotopic (exact) mass is 804 g/mol. The van der Waals surface area contributed by atoms with Crippen molar-refractivity contribution in [3.63, 3.8) is 0 Å². The van der Waals surface area contributed by atoms with Gasteiger partial charge in [0.15, 0.2) is 0 Å². The molecule has 0 radical (unpaired) electrons. The van der Waals surface area contributed by atoms with Crippen molar-refractivity contribution < 1.29 is 48.6 Å². The Kier molecular flexibility index (Phi) is 19.1. The van der Waals surface area contributed by atoms with E-state index in [0.29, 0.717) is 5.56 Å². The summed E-state index contributed by atoms with van der Waals surface area (Å²) in [4.78, 5) is 104. The standard InChI is InChI=1S/C42H56N6O10/c1-26(2)22-31(39(54)48-34(42(57)58)24-29-16-10-5-11-17-29)45-41(56)33(25-37(51)52)47-40(55)32(23-28-14-8-4-9-15-28)46-38(53)30(19-20-35(43)49)44-36(50)21-18-27-12-6-3-7-13-27/h3,5-7,10-13,16-18,21,26,28,30-34H,4,8-9,14-15,19-20,22-25H2,1-2H3,(H2,43,49)(H,44,50)(H,45,56)(H,46,53)(H,47,55)(H,48,54)(H,51,52)(H,57,58)/b21-18+/t30?,31-,32-,33?,34?/m0/s1. The zero-order valence-corrected chi connectivity index (χ0v) is 33.0. The van der Waals surface area contributed by atoms with Gasteiger partial charge in [-0.25, -0.2) is 4.79 Å². The lowest BCUT2D eigenvalue weighted by atomic mass is 9.84. The van der Waals surface area contributed by atoms with Crippen LogP contribution >= 0.6 is 0 Å². The Balaban J connectivity index is 1.82. The largest absolute Gasteiger partial charge is 0.481 e. The Bertz CT molecular complexity index is 1750. The van der Waals surface area contributed by atoms with Crippen LogP contribution in [0.5, 0.6) is 0 Å². The van der Waals surface area contributed by atoms with E-state index < -0.39 is 84.0 Å². The number of amides is 6. The number of rotatable bonds is 23. The van der Waals surface area contributed by atoms with Gasteiger partial charge in [-0.3, -0.25) is 33.6 Å². The minimum Gasteiger partial charge on any atom is -0.481 e. The number of carboxylic acid groups (broad SMARTS) is 2. The minimum atomic E-state index is -1.70. The predicted molar refractivity (Wildman–Crippen MR) is 214 cm³/mol. The highest BCUT2D eigenvalue weighted by atomic mass is 16.4. The van der Waals surface area contributed by atoms with E-state index in [4.69, 9.17) is 5.73 Å². The van der Waals surface area contributed by atoms with Crippen molar-refractivity contribution in [2.24, 2.45) is 17.6 Å². The predicted octanol–water partition coefficient (Wildman–Crippen LogP) is 2.21. The fourth-order valence-corrected chi connectivity index (χ4v) is 6.72.